The number of carboxylic acid groups (broad SMARTS) is 1. The highest BCUT2D eigenvalue weighted by Crippen LogP contribution is 2.15. The van der Waals surface area contributed by atoms with Gasteiger partial charge in [-0.15, -0.1) is 0 Å². The third kappa shape index (κ3) is 3.12. The van der Waals surface area contributed by atoms with Gasteiger partial charge in [-0.25, -0.2) is 14.8 Å². The maximum absolute atomic E-state index is 10.8. The van der Waals surface area contributed by atoms with Gasteiger partial charge in [-0.05, 0) is 25.0 Å². The molecule has 0 aromatic carbocycles. The Hall–Kier alpha value is -3.36. The molecule has 0 saturated carbocycles. The molecule has 9 heteroatoms. The summed E-state index contributed by atoms with van der Waals surface area (Å²) in [5, 5.41) is 8.84. The first-order valence-corrected chi connectivity index (χ1v) is 6.76. The monoisotopic (exact) mass is 311 g/mol. The lowest BCUT2D eigenvalue weighted by molar-refractivity contribution is 0.0696. The number of aromatic nitrogens is 5. The zero-order chi connectivity index (χ0) is 16.4. The molecule has 3 aromatic heterocycles. The molecule has 0 aliphatic rings. The van der Waals surface area contributed by atoms with Gasteiger partial charge in [0.05, 0.1) is 17.5 Å². The van der Waals surface area contributed by atoms with Crippen LogP contribution in [0, 0.1) is 0 Å². The Morgan fingerprint density at radius 2 is 1.78 bits per heavy atom. The van der Waals surface area contributed by atoms with Crippen LogP contribution in [0.1, 0.15) is 21.7 Å². The lowest BCUT2D eigenvalue weighted by Gasteiger charge is -2.04. The van der Waals surface area contributed by atoms with Gasteiger partial charge < -0.3 is 16.6 Å². The first-order chi connectivity index (χ1) is 11.0. The topological polar surface area (TPSA) is 154 Å². The fraction of sp³-hybridized carbons (Fsp3) is 0.143. The van der Waals surface area contributed by atoms with Gasteiger partial charge in [0, 0.05) is 11.9 Å². The number of pyridine rings is 1. The second-order valence-corrected chi connectivity index (χ2v) is 4.84. The van der Waals surface area contributed by atoms with Gasteiger partial charge in [-0.3, -0.25) is 4.98 Å². The maximum Gasteiger partial charge on any atom is 0.337 e. The molecule has 3 rings (SSSR count). The number of carbonyl (C=O) groups is 1. The van der Waals surface area contributed by atoms with Crippen molar-refractivity contribution in [2.75, 3.05) is 11.5 Å². The zero-order valence-electron chi connectivity index (χ0n) is 12.0. The van der Waals surface area contributed by atoms with Gasteiger partial charge in [0.25, 0.3) is 0 Å². The molecule has 0 saturated heterocycles. The molecular weight excluding hydrogens is 298 g/mol. The van der Waals surface area contributed by atoms with Crippen LogP contribution in [0.3, 0.4) is 0 Å². The molecule has 0 aliphatic heterocycles. The minimum Gasteiger partial charge on any atom is -0.478 e. The van der Waals surface area contributed by atoms with Crippen LogP contribution in [0.25, 0.3) is 11.2 Å². The molecule has 116 valence electrons. The van der Waals surface area contributed by atoms with E-state index in [0.717, 1.165) is 5.69 Å². The fourth-order valence-corrected chi connectivity index (χ4v) is 2.06. The van der Waals surface area contributed by atoms with Gasteiger partial charge in [-0.2, -0.15) is 9.97 Å². The Kier molecular flexibility index (Phi) is 3.67. The SMILES string of the molecule is Nc1nc(N)c2nc(CCc3ccc(C(=O)O)cn3)cnc2n1. The van der Waals surface area contributed by atoms with Crippen molar-refractivity contribution in [3.8, 4) is 0 Å². The standard InChI is InChI=1S/C14H13N7O2/c15-11-10-12(21-14(16)20-11)18-6-9(19-10)4-3-8-2-1-7(5-17-8)13(22)23/h1-2,5-6H,3-4H2,(H,22,23)(H4,15,16,18,20,21). The Bertz CT molecular complexity index is 880. The number of rotatable bonds is 4. The van der Waals surface area contributed by atoms with Crippen LogP contribution in [0.4, 0.5) is 11.8 Å². The van der Waals surface area contributed by atoms with Crippen molar-refractivity contribution in [2.45, 2.75) is 12.8 Å². The normalized spacial score (nSPS) is 10.8. The van der Waals surface area contributed by atoms with Crippen LogP contribution in [0.2, 0.25) is 0 Å². The molecule has 5 N–H and O–H groups in total. The first kappa shape index (κ1) is 14.6. The van der Waals surface area contributed by atoms with E-state index in [2.05, 4.69) is 24.9 Å². The predicted octanol–water partition coefficient (Wildman–Crippen LogP) is 0.463. The second kappa shape index (κ2) is 5.79. The van der Waals surface area contributed by atoms with E-state index in [1.807, 2.05) is 0 Å². The Morgan fingerprint density at radius 3 is 2.48 bits per heavy atom. The first-order valence-electron chi connectivity index (χ1n) is 6.76. The van der Waals surface area contributed by atoms with E-state index in [9.17, 15) is 4.79 Å². The summed E-state index contributed by atoms with van der Waals surface area (Å²) in [7, 11) is 0. The number of nitrogens with zero attached hydrogens (tertiary/aromatic N) is 5. The summed E-state index contributed by atoms with van der Waals surface area (Å²) in [6.07, 6.45) is 4.10. The smallest absolute Gasteiger partial charge is 0.337 e. The predicted molar refractivity (Wildman–Crippen MR) is 82.6 cm³/mol. The average molecular weight is 311 g/mol. The molecule has 9 nitrogen and oxygen atoms in total. The minimum absolute atomic E-state index is 0.0553. The highest BCUT2D eigenvalue weighted by atomic mass is 16.4. The maximum atomic E-state index is 10.8. The summed E-state index contributed by atoms with van der Waals surface area (Å²) in [5.74, 6) is -0.759. The van der Waals surface area contributed by atoms with Gasteiger partial charge in [-0.1, -0.05) is 0 Å². The van der Waals surface area contributed by atoms with Gasteiger partial charge in [0.15, 0.2) is 17.0 Å². The number of hydrogen-bond donors (Lipinski definition) is 3. The number of hydrogen-bond acceptors (Lipinski definition) is 8. The number of aromatic carboxylic acids is 1. The van der Waals surface area contributed by atoms with E-state index in [-0.39, 0.29) is 17.3 Å². The molecule has 0 bridgehead atoms. The van der Waals surface area contributed by atoms with E-state index in [1.165, 1.54) is 12.3 Å². The molecule has 23 heavy (non-hydrogen) atoms. The molecule has 0 amide bonds. The zero-order valence-corrected chi connectivity index (χ0v) is 12.0. The van der Waals surface area contributed by atoms with Crippen molar-refractivity contribution in [2.24, 2.45) is 0 Å². The number of carboxylic acids is 1. The van der Waals surface area contributed by atoms with Crippen molar-refractivity contribution in [3.05, 3.63) is 41.5 Å². The quantitative estimate of drug-likeness (QED) is 0.623. The molecule has 0 atom stereocenters. The number of nitrogens with two attached hydrogens (primary N) is 2. The largest absolute Gasteiger partial charge is 0.478 e. The second-order valence-electron chi connectivity index (χ2n) is 4.84. The van der Waals surface area contributed by atoms with Crippen molar-refractivity contribution in [1.29, 1.82) is 0 Å². The summed E-state index contributed by atoms with van der Waals surface area (Å²) < 4.78 is 0. The van der Waals surface area contributed by atoms with Crippen molar-refractivity contribution in [1.82, 2.24) is 24.9 Å². The average Bonchev–Trinajstić information content (AvgIpc) is 2.53. The summed E-state index contributed by atoms with van der Waals surface area (Å²) in [4.78, 5) is 31.3. The van der Waals surface area contributed by atoms with Gasteiger partial charge in [0.1, 0.15) is 0 Å². The molecule has 0 aliphatic carbocycles. The van der Waals surface area contributed by atoms with Crippen molar-refractivity contribution >= 4 is 28.9 Å². The molecular formula is C14H13N7O2. The van der Waals surface area contributed by atoms with Crippen LogP contribution in [0.15, 0.2) is 24.5 Å². The number of aryl methyl sites for hydroxylation is 2. The third-order valence-corrected chi connectivity index (χ3v) is 3.21. The fourth-order valence-electron chi connectivity index (χ4n) is 2.06. The lowest BCUT2D eigenvalue weighted by Crippen LogP contribution is -2.05. The molecule has 3 aromatic rings. The van der Waals surface area contributed by atoms with E-state index >= 15 is 0 Å². The van der Waals surface area contributed by atoms with E-state index in [4.69, 9.17) is 16.6 Å². The van der Waals surface area contributed by atoms with E-state index in [1.54, 1.807) is 12.3 Å². The molecule has 3 heterocycles. The highest BCUT2D eigenvalue weighted by Gasteiger charge is 2.08. The summed E-state index contributed by atoms with van der Waals surface area (Å²) in [6, 6.07) is 3.20. The van der Waals surface area contributed by atoms with Crippen molar-refractivity contribution in [3.63, 3.8) is 0 Å². The van der Waals surface area contributed by atoms with Crippen LogP contribution >= 0.6 is 0 Å². The minimum atomic E-state index is -1.00. The van der Waals surface area contributed by atoms with Gasteiger partial charge in [0.2, 0.25) is 5.95 Å². The molecule has 0 unspecified atom stereocenters. The molecule has 0 spiro atoms. The number of anilines is 2. The van der Waals surface area contributed by atoms with Crippen LogP contribution < -0.4 is 11.5 Å². The van der Waals surface area contributed by atoms with Crippen molar-refractivity contribution < 1.29 is 9.90 Å². The summed E-state index contributed by atoms with van der Waals surface area (Å²) in [6.45, 7) is 0. The molecule has 0 radical (unpaired) electrons. The lowest BCUT2D eigenvalue weighted by atomic mass is 10.1. The van der Waals surface area contributed by atoms with Crippen LogP contribution in [-0.4, -0.2) is 36.0 Å². The number of nitrogen functional groups attached to an aromatic ring is 2. The number of fused-ring (bicyclic) bond motifs is 1. The Balaban J connectivity index is 1.78. The van der Waals surface area contributed by atoms with E-state index < -0.39 is 5.97 Å². The van der Waals surface area contributed by atoms with E-state index in [0.29, 0.717) is 29.7 Å². The molecule has 0 fully saturated rings. The van der Waals surface area contributed by atoms with Gasteiger partial charge >= 0.3 is 5.97 Å². The highest BCUT2D eigenvalue weighted by molar-refractivity contribution is 5.87. The van der Waals surface area contributed by atoms with Crippen LogP contribution in [-0.2, 0) is 12.8 Å². The Morgan fingerprint density at radius 1 is 1.00 bits per heavy atom. The summed E-state index contributed by atoms with van der Waals surface area (Å²) in [5.41, 5.74) is 13.7. The Labute approximate surface area is 130 Å². The summed E-state index contributed by atoms with van der Waals surface area (Å²) >= 11 is 0. The van der Waals surface area contributed by atoms with Crippen LogP contribution in [0.5, 0.6) is 0 Å². The third-order valence-electron chi connectivity index (χ3n) is 3.21.